The number of aryl methyl sites for hydroxylation is 1. The smallest absolute Gasteiger partial charge is 0.140 e. The van der Waals surface area contributed by atoms with Crippen LogP contribution in [0, 0.1) is 9.39 Å². The largest absolute Gasteiger partial charge is 0.206 e. The van der Waals surface area contributed by atoms with Crippen LogP contribution in [0.1, 0.15) is 12.5 Å². The maximum Gasteiger partial charge on any atom is 0.140 e. The predicted molar refractivity (Wildman–Crippen MR) is 63.9 cm³/mol. The summed E-state index contributed by atoms with van der Waals surface area (Å²) in [5, 5.41) is 3.05. The van der Waals surface area contributed by atoms with Crippen molar-refractivity contribution in [1.82, 2.24) is 0 Å². The molecule has 13 heavy (non-hydrogen) atoms. The second-order valence-electron chi connectivity index (χ2n) is 2.85. The van der Waals surface area contributed by atoms with E-state index in [1.54, 1.807) is 11.3 Å². The fourth-order valence-electron chi connectivity index (χ4n) is 1.35. The molecule has 0 aliphatic heterocycles. The van der Waals surface area contributed by atoms with Gasteiger partial charge in [0.1, 0.15) is 5.82 Å². The Morgan fingerprint density at radius 2 is 2.31 bits per heavy atom. The molecule has 3 heteroatoms. The van der Waals surface area contributed by atoms with Gasteiger partial charge in [-0.15, -0.1) is 11.3 Å². The maximum atomic E-state index is 13.6. The number of halogens is 2. The van der Waals surface area contributed by atoms with Crippen molar-refractivity contribution >= 4 is 44.0 Å². The van der Waals surface area contributed by atoms with Gasteiger partial charge >= 0.3 is 0 Å². The van der Waals surface area contributed by atoms with Crippen molar-refractivity contribution in [3.05, 3.63) is 32.5 Å². The summed E-state index contributed by atoms with van der Waals surface area (Å²) < 4.78 is 15.5. The molecule has 0 saturated carbocycles. The molecule has 0 saturated heterocycles. The summed E-state index contributed by atoms with van der Waals surface area (Å²) >= 11 is 3.75. The fourth-order valence-corrected chi connectivity index (χ4v) is 3.21. The molecule has 0 unspecified atom stereocenters. The first-order chi connectivity index (χ1) is 6.24. The van der Waals surface area contributed by atoms with E-state index in [-0.39, 0.29) is 5.82 Å². The van der Waals surface area contributed by atoms with E-state index < -0.39 is 0 Å². The summed E-state index contributed by atoms with van der Waals surface area (Å²) in [5.74, 6) is -0.0472. The molecule has 0 bridgehead atoms. The third-order valence-electron chi connectivity index (χ3n) is 2.09. The van der Waals surface area contributed by atoms with Gasteiger partial charge in [0, 0.05) is 10.1 Å². The van der Waals surface area contributed by atoms with E-state index in [1.165, 1.54) is 4.70 Å². The van der Waals surface area contributed by atoms with E-state index in [2.05, 4.69) is 22.6 Å². The Kier molecular flexibility index (Phi) is 2.55. The first-order valence-electron chi connectivity index (χ1n) is 4.08. The van der Waals surface area contributed by atoms with Crippen molar-refractivity contribution in [2.45, 2.75) is 13.3 Å². The van der Waals surface area contributed by atoms with E-state index in [9.17, 15) is 4.39 Å². The lowest BCUT2D eigenvalue weighted by Crippen LogP contribution is -1.91. The minimum absolute atomic E-state index is 0.0472. The van der Waals surface area contributed by atoms with Gasteiger partial charge in [-0.3, -0.25) is 0 Å². The molecule has 0 radical (unpaired) electrons. The van der Waals surface area contributed by atoms with Crippen LogP contribution in [0.25, 0.3) is 10.1 Å². The zero-order chi connectivity index (χ0) is 9.42. The van der Waals surface area contributed by atoms with Crippen molar-refractivity contribution in [2.75, 3.05) is 0 Å². The van der Waals surface area contributed by atoms with E-state index >= 15 is 0 Å². The molecule has 0 amide bonds. The van der Waals surface area contributed by atoms with Crippen LogP contribution in [0.5, 0.6) is 0 Å². The lowest BCUT2D eigenvalue weighted by atomic mass is 10.1. The van der Waals surface area contributed by atoms with Crippen molar-refractivity contribution in [2.24, 2.45) is 0 Å². The summed E-state index contributed by atoms with van der Waals surface area (Å²) in [7, 11) is 0. The molecule has 1 aromatic heterocycles. The van der Waals surface area contributed by atoms with Crippen LogP contribution in [-0.2, 0) is 6.42 Å². The second kappa shape index (κ2) is 3.53. The highest BCUT2D eigenvalue weighted by Gasteiger charge is 2.10. The van der Waals surface area contributed by atoms with Gasteiger partial charge in [-0.05, 0) is 52.1 Å². The summed E-state index contributed by atoms with van der Waals surface area (Å²) in [5.41, 5.74) is 0.819. The minimum Gasteiger partial charge on any atom is -0.206 e. The molecule has 0 N–H and O–H groups in total. The molecule has 1 heterocycles. The lowest BCUT2D eigenvalue weighted by molar-refractivity contribution is 0.607. The van der Waals surface area contributed by atoms with Crippen LogP contribution >= 0.6 is 33.9 Å². The Hall–Kier alpha value is -0.160. The van der Waals surface area contributed by atoms with Crippen LogP contribution in [0.15, 0.2) is 17.5 Å². The lowest BCUT2D eigenvalue weighted by Gasteiger charge is -2.02. The Bertz CT molecular complexity index is 447. The van der Waals surface area contributed by atoms with Gasteiger partial charge in [0.05, 0.1) is 3.57 Å². The zero-order valence-corrected chi connectivity index (χ0v) is 10.1. The quantitative estimate of drug-likeness (QED) is 0.692. The van der Waals surface area contributed by atoms with Crippen molar-refractivity contribution < 1.29 is 4.39 Å². The Morgan fingerprint density at radius 1 is 1.54 bits per heavy atom. The molecule has 0 aliphatic rings. The first-order valence-corrected chi connectivity index (χ1v) is 6.04. The van der Waals surface area contributed by atoms with E-state index in [1.807, 2.05) is 24.4 Å². The molecule has 2 aromatic rings. The summed E-state index contributed by atoms with van der Waals surface area (Å²) in [4.78, 5) is 0. The molecule has 68 valence electrons. The van der Waals surface area contributed by atoms with Gasteiger partial charge in [-0.25, -0.2) is 4.39 Å². The topological polar surface area (TPSA) is 0 Å². The number of hydrogen-bond donors (Lipinski definition) is 0. The van der Waals surface area contributed by atoms with Gasteiger partial charge in [0.15, 0.2) is 0 Å². The number of hydrogen-bond acceptors (Lipinski definition) is 1. The van der Waals surface area contributed by atoms with Gasteiger partial charge in [-0.1, -0.05) is 6.92 Å². The van der Waals surface area contributed by atoms with Gasteiger partial charge in [-0.2, -0.15) is 0 Å². The SMILES string of the molecule is CCc1cc2sccc2c(I)c1F. The first kappa shape index (κ1) is 9.40. The third-order valence-corrected chi connectivity index (χ3v) is 4.01. The normalized spacial score (nSPS) is 11.0. The molecule has 0 fully saturated rings. The van der Waals surface area contributed by atoms with Crippen LogP contribution < -0.4 is 0 Å². The number of rotatable bonds is 1. The van der Waals surface area contributed by atoms with Crippen LogP contribution in [0.3, 0.4) is 0 Å². The molecule has 1 aromatic carbocycles. The van der Waals surface area contributed by atoms with E-state index in [0.717, 1.165) is 20.9 Å². The minimum atomic E-state index is -0.0472. The molecular formula is C10H8FIS. The molecule has 2 rings (SSSR count). The second-order valence-corrected chi connectivity index (χ2v) is 4.88. The zero-order valence-electron chi connectivity index (χ0n) is 7.10. The van der Waals surface area contributed by atoms with Gasteiger partial charge < -0.3 is 0 Å². The summed E-state index contributed by atoms with van der Waals surface area (Å²) in [6.45, 7) is 1.98. The molecule has 0 aliphatic carbocycles. The Balaban J connectivity index is 2.83. The van der Waals surface area contributed by atoms with Gasteiger partial charge in [0.25, 0.3) is 0 Å². The predicted octanol–water partition coefficient (Wildman–Crippen LogP) is 4.21. The Morgan fingerprint density at radius 3 is 3.00 bits per heavy atom. The summed E-state index contributed by atoms with van der Waals surface area (Å²) in [6.07, 6.45) is 0.760. The average Bonchev–Trinajstić information content (AvgIpc) is 2.59. The Labute approximate surface area is 93.9 Å². The molecular weight excluding hydrogens is 298 g/mol. The monoisotopic (exact) mass is 306 g/mol. The van der Waals surface area contributed by atoms with Crippen molar-refractivity contribution in [3.63, 3.8) is 0 Å². The standard InChI is InChI=1S/C10H8FIS/c1-2-6-5-8-7(3-4-13-8)10(12)9(6)11/h3-5H,2H2,1H3. The fraction of sp³-hybridized carbons (Fsp3) is 0.200. The maximum absolute atomic E-state index is 13.6. The molecule has 0 nitrogen and oxygen atoms in total. The van der Waals surface area contributed by atoms with Crippen LogP contribution in [0.4, 0.5) is 4.39 Å². The third kappa shape index (κ3) is 1.48. The molecule has 0 spiro atoms. The highest BCUT2D eigenvalue weighted by Crippen LogP contribution is 2.30. The number of thiophene rings is 1. The van der Waals surface area contributed by atoms with Crippen molar-refractivity contribution in [3.8, 4) is 0 Å². The highest BCUT2D eigenvalue weighted by atomic mass is 127. The number of benzene rings is 1. The highest BCUT2D eigenvalue weighted by molar-refractivity contribution is 14.1. The van der Waals surface area contributed by atoms with Crippen molar-refractivity contribution in [1.29, 1.82) is 0 Å². The van der Waals surface area contributed by atoms with Crippen LogP contribution in [0.2, 0.25) is 0 Å². The molecule has 0 atom stereocenters. The van der Waals surface area contributed by atoms with E-state index in [4.69, 9.17) is 0 Å². The van der Waals surface area contributed by atoms with Gasteiger partial charge in [0.2, 0.25) is 0 Å². The average molecular weight is 306 g/mol. The number of fused-ring (bicyclic) bond motifs is 1. The van der Waals surface area contributed by atoms with Crippen LogP contribution in [-0.4, -0.2) is 0 Å². The van der Waals surface area contributed by atoms with E-state index in [0.29, 0.717) is 0 Å². The summed E-state index contributed by atoms with van der Waals surface area (Å²) in [6, 6.07) is 3.93.